The van der Waals surface area contributed by atoms with Gasteiger partial charge in [-0.1, -0.05) is 5.21 Å². The van der Waals surface area contributed by atoms with Crippen molar-refractivity contribution in [2.45, 2.75) is 6.54 Å². The monoisotopic (exact) mass is 255 g/mol. The zero-order valence-electron chi connectivity index (χ0n) is 9.95. The number of amides is 2. The summed E-state index contributed by atoms with van der Waals surface area (Å²) in [5, 5.41) is 17.9. The van der Waals surface area contributed by atoms with Crippen LogP contribution in [-0.4, -0.2) is 63.4 Å². The second-order valence-electron chi connectivity index (χ2n) is 3.53. The third kappa shape index (κ3) is 3.54. The summed E-state index contributed by atoms with van der Waals surface area (Å²) < 4.78 is 1.10. The molecule has 0 radical (unpaired) electrons. The molecule has 1 aromatic heterocycles. The van der Waals surface area contributed by atoms with E-state index in [9.17, 15) is 14.4 Å². The van der Waals surface area contributed by atoms with Crippen molar-refractivity contribution in [3.8, 4) is 0 Å². The smallest absolute Gasteiger partial charge is 0.358 e. The second-order valence-corrected chi connectivity index (χ2v) is 3.53. The lowest BCUT2D eigenvalue weighted by molar-refractivity contribution is -0.135. The number of hydrogen-bond donors (Lipinski definition) is 2. The van der Waals surface area contributed by atoms with Gasteiger partial charge in [-0.25, -0.2) is 9.48 Å². The summed E-state index contributed by atoms with van der Waals surface area (Å²) in [4.78, 5) is 34.5. The van der Waals surface area contributed by atoms with E-state index in [0.29, 0.717) is 0 Å². The maximum atomic E-state index is 11.7. The summed E-state index contributed by atoms with van der Waals surface area (Å²) in [6, 6.07) is 0. The van der Waals surface area contributed by atoms with Crippen LogP contribution in [0.2, 0.25) is 0 Å². The molecule has 1 aromatic rings. The lowest BCUT2D eigenvalue weighted by Crippen LogP contribution is -2.38. The lowest BCUT2D eigenvalue weighted by Gasteiger charge is -2.15. The molecule has 0 aliphatic carbocycles. The Morgan fingerprint density at radius 2 is 2.17 bits per heavy atom. The average Bonchev–Trinajstić information content (AvgIpc) is 2.77. The molecule has 2 N–H and O–H groups in total. The Morgan fingerprint density at radius 1 is 1.50 bits per heavy atom. The molecule has 0 bridgehead atoms. The van der Waals surface area contributed by atoms with Gasteiger partial charge in [0.1, 0.15) is 6.54 Å². The van der Waals surface area contributed by atoms with E-state index in [-0.39, 0.29) is 30.6 Å². The summed E-state index contributed by atoms with van der Waals surface area (Å²) in [6.07, 6.45) is 1.15. The van der Waals surface area contributed by atoms with Gasteiger partial charge in [0.15, 0.2) is 5.69 Å². The van der Waals surface area contributed by atoms with Crippen LogP contribution < -0.4 is 5.32 Å². The van der Waals surface area contributed by atoms with Crippen LogP contribution >= 0.6 is 0 Å². The zero-order valence-corrected chi connectivity index (χ0v) is 9.95. The van der Waals surface area contributed by atoms with Gasteiger partial charge in [0.25, 0.3) is 0 Å². The number of aromatic carboxylic acids is 1. The molecule has 1 heterocycles. The average molecular weight is 255 g/mol. The van der Waals surface area contributed by atoms with Crippen LogP contribution in [0, 0.1) is 0 Å². The molecule has 0 saturated heterocycles. The number of nitrogens with zero attached hydrogens (tertiary/aromatic N) is 4. The molecule has 0 atom stereocenters. The maximum Gasteiger partial charge on any atom is 0.358 e. The molecule has 18 heavy (non-hydrogen) atoms. The highest BCUT2D eigenvalue weighted by Crippen LogP contribution is 1.95. The lowest BCUT2D eigenvalue weighted by atomic mass is 10.4. The minimum absolute atomic E-state index is 0.0736. The van der Waals surface area contributed by atoms with E-state index in [4.69, 9.17) is 5.11 Å². The number of carbonyl (C=O) groups is 3. The number of carboxylic acids is 1. The van der Waals surface area contributed by atoms with Gasteiger partial charge in [-0.05, 0) is 0 Å². The normalized spacial score (nSPS) is 9.89. The highest BCUT2D eigenvalue weighted by molar-refractivity contribution is 5.85. The van der Waals surface area contributed by atoms with Gasteiger partial charge in [-0.3, -0.25) is 9.59 Å². The molecule has 1 rings (SSSR count). The molecule has 0 saturated carbocycles. The van der Waals surface area contributed by atoms with Crippen LogP contribution in [0.3, 0.4) is 0 Å². The fourth-order valence-electron chi connectivity index (χ4n) is 1.12. The molecule has 9 nitrogen and oxygen atoms in total. The number of carbonyl (C=O) groups excluding carboxylic acids is 2. The van der Waals surface area contributed by atoms with Crippen molar-refractivity contribution in [3.05, 3.63) is 11.9 Å². The number of likely N-dealkylation sites (N-methyl/N-ethyl adjacent to an activating group) is 2. The molecule has 0 aromatic carbocycles. The van der Waals surface area contributed by atoms with Crippen molar-refractivity contribution in [2.24, 2.45) is 0 Å². The Bertz CT molecular complexity index is 469. The van der Waals surface area contributed by atoms with Crippen LogP contribution in [0.4, 0.5) is 0 Å². The van der Waals surface area contributed by atoms with Crippen LogP contribution in [0.25, 0.3) is 0 Å². The van der Waals surface area contributed by atoms with Crippen LogP contribution in [0.1, 0.15) is 10.5 Å². The van der Waals surface area contributed by atoms with Crippen LogP contribution in [0.15, 0.2) is 6.20 Å². The first kappa shape index (κ1) is 13.6. The first-order valence-electron chi connectivity index (χ1n) is 5.02. The molecular formula is C9H13N5O4. The van der Waals surface area contributed by atoms with Crippen molar-refractivity contribution in [2.75, 3.05) is 20.6 Å². The summed E-state index contributed by atoms with van der Waals surface area (Å²) in [5.41, 5.74) is -0.239. The third-order valence-electron chi connectivity index (χ3n) is 2.14. The van der Waals surface area contributed by atoms with E-state index in [2.05, 4.69) is 15.6 Å². The Labute approximate surface area is 102 Å². The van der Waals surface area contributed by atoms with E-state index < -0.39 is 5.97 Å². The molecule has 0 fully saturated rings. The third-order valence-corrected chi connectivity index (χ3v) is 2.14. The molecule has 9 heteroatoms. The summed E-state index contributed by atoms with van der Waals surface area (Å²) in [6.45, 7) is -0.246. The number of rotatable bonds is 5. The van der Waals surface area contributed by atoms with Crippen molar-refractivity contribution < 1.29 is 19.5 Å². The maximum absolute atomic E-state index is 11.7. The quantitative estimate of drug-likeness (QED) is 0.639. The van der Waals surface area contributed by atoms with E-state index in [1.54, 1.807) is 0 Å². The van der Waals surface area contributed by atoms with Gasteiger partial charge in [-0.2, -0.15) is 0 Å². The Hall–Kier alpha value is -2.45. The molecule has 0 unspecified atom stereocenters. The topological polar surface area (TPSA) is 117 Å². The fraction of sp³-hybridized carbons (Fsp3) is 0.444. The Balaban J connectivity index is 2.58. The van der Waals surface area contributed by atoms with Gasteiger partial charge < -0.3 is 15.3 Å². The predicted octanol–water partition coefficient (Wildman–Crippen LogP) is -1.82. The van der Waals surface area contributed by atoms with Gasteiger partial charge in [-0.15, -0.1) is 5.10 Å². The van der Waals surface area contributed by atoms with Crippen molar-refractivity contribution >= 4 is 17.8 Å². The van der Waals surface area contributed by atoms with Crippen LogP contribution in [-0.2, 0) is 16.1 Å². The molecule has 0 aliphatic heterocycles. The van der Waals surface area contributed by atoms with Crippen molar-refractivity contribution in [1.82, 2.24) is 25.2 Å². The van der Waals surface area contributed by atoms with E-state index in [1.165, 1.54) is 19.0 Å². The zero-order chi connectivity index (χ0) is 13.7. The molecule has 2 amide bonds. The SMILES string of the molecule is CNC(=O)CN(C)C(=O)Cn1cc(C(=O)O)nn1. The fourth-order valence-corrected chi connectivity index (χ4v) is 1.12. The highest BCUT2D eigenvalue weighted by Gasteiger charge is 2.15. The second kappa shape index (κ2) is 5.75. The number of nitrogens with one attached hydrogen (secondary N) is 1. The molecule has 0 aliphatic rings. The van der Waals surface area contributed by atoms with E-state index in [0.717, 1.165) is 10.9 Å². The van der Waals surface area contributed by atoms with E-state index >= 15 is 0 Å². The predicted molar refractivity (Wildman–Crippen MR) is 58.7 cm³/mol. The van der Waals surface area contributed by atoms with Crippen molar-refractivity contribution in [3.63, 3.8) is 0 Å². The standard InChI is InChI=1S/C9H13N5O4/c1-10-7(15)4-13(2)8(16)5-14-3-6(9(17)18)11-12-14/h3H,4-5H2,1-2H3,(H,10,15)(H,17,18). The highest BCUT2D eigenvalue weighted by atomic mass is 16.4. The van der Waals surface area contributed by atoms with E-state index in [1.807, 2.05) is 0 Å². The molecule has 0 spiro atoms. The first-order valence-corrected chi connectivity index (χ1v) is 5.02. The van der Waals surface area contributed by atoms with Crippen molar-refractivity contribution in [1.29, 1.82) is 0 Å². The number of carboxylic acid groups (broad SMARTS) is 1. The van der Waals surface area contributed by atoms with Gasteiger partial charge >= 0.3 is 5.97 Å². The number of aromatic nitrogens is 3. The van der Waals surface area contributed by atoms with Gasteiger partial charge in [0, 0.05) is 14.1 Å². The van der Waals surface area contributed by atoms with Gasteiger partial charge in [0.05, 0.1) is 12.7 Å². The van der Waals surface area contributed by atoms with Gasteiger partial charge in [0.2, 0.25) is 11.8 Å². The van der Waals surface area contributed by atoms with Crippen LogP contribution in [0.5, 0.6) is 0 Å². The largest absolute Gasteiger partial charge is 0.476 e. The summed E-state index contributed by atoms with van der Waals surface area (Å²) >= 11 is 0. The minimum Gasteiger partial charge on any atom is -0.476 e. The summed E-state index contributed by atoms with van der Waals surface area (Å²) in [7, 11) is 2.93. The Morgan fingerprint density at radius 3 is 2.67 bits per heavy atom. The molecular weight excluding hydrogens is 242 g/mol. The minimum atomic E-state index is -1.22. The summed E-state index contributed by atoms with van der Waals surface area (Å²) in [5.74, 6) is -1.89. The number of hydrogen-bond acceptors (Lipinski definition) is 5. The molecule has 98 valence electrons. The first-order chi connectivity index (χ1) is 8.43. The Kier molecular flexibility index (Phi) is 4.35.